The molecule has 1 aliphatic heterocycles. The molecule has 1 aliphatic rings. The Labute approximate surface area is 231 Å². The van der Waals surface area contributed by atoms with E-state index in [1.54, 1.807) is 12.0 Å². The number of carbonyl (C=O) groups is 3. The maximum absolute atomic E-state index is 13.4. The summed E-state index contributed by atoms with van der Waals surface area (Å²) in [4.78, 5) is 41.3. The van der Waals surface area contributed by atoms with E-state index in [0.29, 0.717) is 26.1 Å². The first-order chi connectivity index (χ1) is 18.5. The number of nitrogens with one attached hydrogen (secondary N) is 3. The van der Waals surface area contributed by atoms with E-state index in [1.807, 2.05) is 70.2 Å². The van der Waals surface area contributed by atoms with Gasteiger partial charge in [0.15, 0.2) is 0 Å². The molecule has 3 amide bonds. The highest BCUT2D eigenvalue weighted by Gasteiger charge is 2.39. The van der Waals surface area contributed by atoms with E-state index in [2.05, 4.69) is 16.0 Å². The molecule has 4 N–H and O–H groups in total. The summed E-state index contributed by atoms with van der Waals surface area (Å²) < 4.78 is 5.19. The van der Waals surface area contributed by atoms with Crippen LogP contribution >= 0.6 is 0 Å². The molecule has 3 rings (SSSR count). The van der Waals surface area contributed by atoms with Crippen molar-refractivity contribution in [3.05, 3.63) is 48.0 Å². The molecule has 1 saturated heterocycles. The summed E-state index contributed by atoms with van der Waals surface area (Å²) in [5.41, 5.74) is 0.301. The molecule has 0 spiro atoms. The second kappa shape index (κ2) is 13.9. The third kappa shape index (κ3) is 8.74. The van der Waals surface area contributed by atoms with Gasteiger partial charge in [-0.1, -0.05) is 63.2 Å². The van der Waals surface area contributed by atoms with Crippen molar-refractivity contribution < 1.29 is 24.2 Å². The zero-order chi connectivity index (χ0) is 28.6. The number of likely N-dealkylation sites (tertiary alicyclic amines) is 1. The van der Waals surface area contributed by atoms with Crippen LogP contribution in [0.15, 0.2) is 42.5 Å². The number of benzene rings is 2. The molecule has 0 aromatic heterocycles. The van der Waals surface area contributed by atoms with Gasteiger partial charge in [-0.15, -0.1) is 0 Å². The van der Waals surface area contributed by atoms with Gasteiger partial charge in [0.25, 0.3) is 0 Å². The number of nitrogens with zero attached hydrogens (tertiary/aromatic N) is 1. The van der Waals surface area contributed by atoms with E-state index in [-0.39, 0.29) is 36.8 Å². The largest absolute Gasteiger partial charge is 0.390 e. The van der Waals surface area contributed by atoms with Gasteiger partial charge < -0.3 is 30.7 Å². The summed E-state index contributed by atoms with van der Waals surface area (Å²) >= 11 is 0. The van der Waals surface area contributed by atoms with Crippen molar-refractivity contribution in [1.82, 2.24) is 20.9 Å². The molecule has 9 heteroatoms. The van der Waals surface area contributed by atoms with Gasteiger partial charge in [-0.3, -0.25) is 14.4 Å². The Balaban J connectivity index is 1.71. The van der Waals surface area contributed by atoms with Crippen LogP contribution in [0.1, 0.15) is 46.1 Å². The second-order valence-electron chi connectivity index (χ2n) is 11.5. The number of rotatable bonds is 12. The number of methoxy groups -OCH3 is 1. The fourth-order valence-electron chi connectivity index (χ4n) is 4.74. The molecule has 0 saturated carbocycles. The summed E-state index contributed by atoms with van der Waals surface area (Å²) in [6.45, 7) is 8.88. The second-order valence-corrected chi connectivity index (χ2v) is 11.5. The molecule has 0 bridgehead atoms. The van der Waals surface area contributed by atoms with Crippen molar-refractivity contribution in [3.8, 4) is 0 Å². The topological polar surface area (TPSA) is 120 Å². The molecule has 2 aromatic rings. The van der Waals surface area contributed by atoms with E-state index in [1.165, 1.54) is 0 Å². The summed E-state index contributed by atoms with van der Waals surface area (Å²) in [6, 6.07) is 12.5. The number of ether oxygens (including phenoxy) is 1. The molecule has 2 aromatic carbocycles. The lowest BCUT2D eigenvalue weighted by Gasteiger charge is -2.31. The monoisotopic (exact) mass is 540 g/mol. The minimum atomic E-state index is -0.862. The molecule has 1 fully saturated rings. The smallest absolute Gasteiger partial charge is 0.243 e. The summed E-state index contributed by atoms with van der Waals surface area (Å²) in [6.07, 6.45) is 0.783. The van der Waals surface area contributed by atoms with Crippen molar-refractivity contribution in [3.63, 3.8) is 0 Å². The third-order valence-electron chi connectivity index (χ3n) is 7.07. The molecule has 0 radical (unpaired) electrons. The summed E-state index contributed by atoms with van der Waals surface area (Å²) in [7, 11) is 1.62. The molecule has 0 aliphatic carbocycles. The predicted molar refractivity (Wildman–Crippen MR) is 152 cm³/mol. The van der Waals surface area contributed by atoms with Crippen molar-refractivity contribution in [2.75, 3.05) is 33.3 Å². The van der Waals surface area contributed by atoms with Gasteiger partial charge in [-0.2, -0.15) is 0 Å². The maximum atomic E-state index is 13.4. The fourth-order valence-corrected chi connectivity index (χ4v) is 4.74. The van der Waals surface area contributed by atoms with Crippen LogP contribution in [-0.2, 0) is 25.5 Å². The number of hydrogen-bond donors (Lipinski definition) is 4. The number of aliphatic hydroxyl groups excluding tert-OH is 1. The third-order valence-corrected chi connectivity index (χ3v) is 7.07. The van der Waals surface area contributed by atoms with Gasteiger partial charge in [-0.05, 0) is 36.1 Å². The predicted octanol–water partition coefficient (Wildman–Crippen LogP) is 2.01. The first-order valence-electron chi connectivity index (χ1n) is 13.8. The number of aliphatic hydroxyl groups is 1. The average Bonchev–Trinajstić information content (AvgIpc) is 3.40. The number of carbonyl (C=O) groups excluding carboxylic acids is 3. The normalized spacial score (nSPS) is 18.0. The van der Waals surface area contributed by atoms with Gasteiger partial charge in [0.2, 0.25) is 17.7 Å². The quantitative estimate of drug-likeness (QED) is 0.327. The van der Waals surface area contributed by atoms with E-state index in [9.17, 15) is 19.5 Å². The average molecular weight is 541 g/mol. The standard InChI is InChI=1S/C30H44N4O5/c1-20(39-5)17-31-18-24(35)19-32-27(36)25(16-21-12-13-22-9-6-7-10-23(22)15-21)33-28(37)26-11-8-14-34(26)29(38)30(2,3)4/h6-7,9-10,12-13,15,20,24-26,31,35H,8,11,14,16-19H2,1-5H3,(H,32,36)(H,33,37)/t20?,24?,25-,26?/m1/s1. The Morgan fingerprint density at radius 3 is 2.49 bits per heavy atom. The molecule has 3 unspecified atom stereocenters. The minimum Gasteiger partial charge on any atom is -0.390 e. The zero-order valence-corrected chi connectivity index (χ0v) is 23.8. The van der Waals surface area contributed by atoms with E-state index in [4.69, 9.17) is 4.74 Å². The number of fused-ring (bicyclic) bond motifs is 1. The Kier molecular flexibility index (Phi) is 10.9. The SMILES string of the molecule is COC(C)CNCC(O)CNC(=O)[C@@H](Cc1ccc2ccccc2c1)NC(=O)C1CCCN1C(=O)C(C)(C)C. The van der Waals surface area contributed by atoms with Crippen LogP contribution in [0.25, 0.3) is 10.8 Å². The summed E-state index contributed by atoms with van der Waals surface area (Å²) in [5.74, 6) is -0.789. The highest BCUT2D eigenvalue weighted by molar-refractivity contribution is 5.93. The van der Waals surface area contributed by atoms with Crippen LogP contribution in [0, 0.1) is 5.41 Å². The van der Waals surface area contributed by atoms with E-state index < -0.39 is 23.6 Å². The van der Waals surface area contributed by atoms with Gasteiger partial charge in [0.1, 0.15) is 12.1 Å². The van der Waals surface area contributed by atoms with Crippen LogP contribution in [0.4, 0.5) is 0 Å². The van der Waals surface area contributed by atoms with Crippen LogP contribution < -0.4 is 16.0 Å². The van der Waals surface area contributed by atoms with Crippen LogP contribution in [0.5, 0.6) is 0 Å². The minimum absolute atomic E-state index is 0.00801. The van der Waals surface area contributed by atoms with Crippen LogP contribution in [0.2, 0.25) is 0 Å². The van der Waals surface area contributed by atoms with Crippen molar-refractivity contribution in [2.24, 2.45) is 5.41 Å². The Hall–Kier alpha value is -3.01. The molecular formula is C30H44N4O5. The molecule has 4 atom stereocenters. The van der Waals surface area contributed by atoms with Crippen molar-refractivity contribution in [1.29, 1.82) is 0 Å². The van der Waals surface area contributed by atoms with Gasteiger partial charge >= 0.3 is 0 Å². The van der Waals surface area contributed by atoms with Crippen molar-refractivity contribution >= 4 is 28.5 Å². The van der Waals surface area contributed by atoms with Crippen LogP contribution in [0.3, 0.4) is 0 Å². The molecule has 214 valence electrons. The molecule has 9 nitrogen and oxygen atoms in total. The zero-order valence-electron chi connectivity index (χ0n) is 23.8. The number of amides is 3. The van der Waals surface area contributed by atoms with Gasteiger partial charge in [0, 0.05) is 45.1 Å². The first kappa shape index (κ1) is 30.5. The molecule has 39 heavy (non-hydrogen) atoms. The van der Waals surface area contributed by atoms with Crippen LogP contribution in [-0.4, -0.2) is 85.3 Å². The molecule has 1 heterocycles. The Morgan fingerprint density at radius 2 is 1.79 bits per heavy atom. The fraction of sp³-hybridized carbons (Fsp3) is 0.567. The van der Waals surface area contributed by atoms with E-state index in [0.717, 1.165) is 22.8 Å². The van der Waals surface area contributed by atoms with Crippen molar-refractivity contribution in [2.45, 2.75) is 71.2 Å². The lowest BCUT2D eigenvalue weighted by atomic mass is 9.94. The molecular weight excluding hydrogens is 496 g/mol. The lowest BCUT2D eigenvalue weighted by molar-refractivity contribution is -0.145. The first-order valence-corrected chi connectivity index (χ1v) is 13.8. The lowest BCUT2D eigenvalue weighted by Crippen LogP contribution is -2.55. The van der Waals surface area contributed by atoms with Gasteiger partial charge in [0.05, 0.1) is 12.2 Å². The Morgan fingerprint density at radius 1 is 1.08 bits per heavy atom. The number of hydrogen-bond acceptors (Lipinski definition) is 6. The summed E-state index contributed by atoms with van der Waals surface area (Å²) in [5, 5.41) is 21.3. The highest BCUT2D eigenvalue weighted by Crippen LogP contribution is 2.26. The van der Waals surface area contributed by atoms with E-state index >= 15 is 0 Å². The Bertz CT molecular complexity index is 1130. The highest BCUT2D eigenvalue weighted by atomic mass is 16.5. The maximum Gasteiger partial charge on any atom is 0.243 e. The van der Waals surface area contributed by atoms with Gasteiger partial charge in [-0.25, -0.2) is 0 Å².